The van der Waals surface area contributed by atoms with Crippen LogP contribution in [0.4, 0.5) is 4.79 Å². The Kier molecular flexibility index (Phi) is 6.82. The number of methoxy groups -OCH3 is 1. The molecule has 0 radical (unpaired) electrons. The molecule has 7 nitrogen and oxygen atoms in total. The van der Waals surface area contributed by atoms with Crippen LogP contribution in [0.3, 0.4) is 0 Å². The summed E-state index contributed by atoms with van der Waals surface area (Å²) in [6.45, 7) is 3.12. The van der Waals surface area contributed by atoms with E-state index in [-0.39, 0.29) is 18.1 Å². The van der Waals surface area contributed by atoms with E-state index in [9.17, 15) is 4.79 Å². The topological polar surface area (TPSA) is 71.4 Å². The normalized spacial score (nSPS) is 13.3. The standard InChI is InChI=1S/C18H27N5O2/c1-14(12-23-10-9-19-13-23)21-18(24)20-11-16(22(2)3)15-7-5-6-8-17(15)25-4/h5-10,13-14,16H,11-12H2,1-4H3,(H2,20,21,24)/t14-,16+/m1/s1. The van der Waals surface area contributed by atoms with Crippen molar-refractivity contribution in [3.63, 3.8) is 0 Å². The van der Waals surface area contributed by atoms with Gasteiger partial charge in [0.15, 0.2) is 0 Å². The molecule has 0 aliphatic heterocycles. The summed E-state index contributed by atoms with van der Waals surface area (Å²) in [7, 11) is 5.63. The van der Waals surface area contributed by atoms with Crippen molar-refractivity contribution in [1.82, 2.24) is 25.1 Å². The molecule has 136 valence electrons. The molecule has 2 aromatic rings. The maximum atomic E-state index is 12.2. The molecule has 0 spiro atoms. The van der Waals surface area contributed by atoms with Crippen molar-refractivity contribution in [3.8, 4) is 5.75 Å². The summed E-state index contributed by atoms with van der Waals surface area (Å²) >= 11 is 0. The van der Waals surface area contributed by atoms with Gasteiger partial charge in [0, 0.05) is 37.1 Å². The molecule has 1 heterocycles. The van der Waals surface area contributed by atoms with Crippen LogP contribution in [0.5, 0.6) is 5.75 Å². The molecular formula is C18H27N5O2. The predicted molar refractivity (Wildman–Crippen MR) is 97.6 cm³/mol. The summed E-state index contributed by atoms with van der Waals surface area (Å²) in [5.74, 6) is 0.817. The number of para-hydroxylation sites is 1. The minimum absolute atomic E-state index is 0.00160. The maximum absolute atomic E-state index is 12.2. The maximum Gasteiger partial charge on any atom is 0.315 e. The number of likely N-dealkylation sites (N-methyl/N-ethyl adjacent to an activating group) is 1. The van der Waals surface area contributed by atoms with Crippen LogP contribution in [0, 0.1) is 0 Å². The van der Waals surface area contributed by atoms with E-state index < -0.39 is 0 Å². The Bertz CT molecular complexity index is 657. The predicted octanol–water partition coefficient (Wildman–Crippen LogP) is 1.88. The van der Waals surface area contributed by atoms with Gasteiger partial charge >= 0.3 is 6.03 Å². The summed E-state index contributed by atoms with van der Waals surface area (Å²) < 4.78 is 7.38. The molecule has 25 heavy (non-hydrogen) atoms. The molecule has 7 heteroatoms. The molecule has 2 N–H and O–H groups in total. The van der Waals surface area contributed by atoms with Gasteiger partial charge in [-0.1, -0.05) is 18.2 Å². The van der Waals surface area contributed by atoms with Crippen LogP contribution >= 0.6 is 0 Å². The Morgan fingerprint density at radius 1 is 1.36 bits per heavy atom. The van der Waals surface area contributed by atoms with E-state index in [0.717, 1.165) is 11.3 Å². The van der Waals surface area contributed by atoms with Crippen LogP contribution < -0.4 is 15.4 Å². The molecule has 1 aromatic heterocycles. The van der Waals surface area contributed by atoms with Gasteiger partial charge in [-0.2, -0.15) is 0 Å². The first-order valence-corrected chi connectivity index (χ1v) is 8.30. The van der Waals surface area contributed by atoms with Crippen LogP contribution in [0.2, 0.25) is 0 Å². The first-order valence-electron chi connectivity index (χ1n) is 8.30. The second kappa shape index (κ2) is 9.08. The summed E-state index contributed by atoms with van der Waals surface area (Å²) in [6.07, 6.45) is 5.33. The number of benzene rings is 1. The van der Waals surface area contributed by atoms with Gasteiger partial charge in [-0.25, -0.2) is 9.78 Å². The van der Waals surface area contributed by atoms with Gasteiger partial charge in [0.25, 0.3) is 0 Å². The van der Waals surface area contributed by atoms with Gasteiger partial charge in [0.1, 0.15) is 5.75 Å². The zero-order valence-corrected chi connectivity index (χ0v) is 15.3. The van der Waals surface area contributed by atoms with Crippen LogP contribution in [0.25, 0.3) is 0 Å². The Hall–Kier alpha value is -2.54. The molecule has 2 atom stereocenters. The van der Waals surface area contributed by atoms with E-state index in [4.69, 9.17) is 4.74 Å². The average Bonchev–Trinajstić information content (AvgIpc) is 3.07. The van der Waals surface area contributed by atoms with Gasteiger partial charge in [-0.15, -0.1) is 0 Å². The number of aromatic nitrogens is 2. The highest BCUT2D eigenvalue weighted by molar-refractivity contribution is 5.74. The molecule has 0 aliphatic carbocycles. The minimum Gasteiger partial charge on any atom is -0.496 e. The summed E-state index contributed by atoms with van der Waals surface area (Å²) in [5, 5.41) is 5.90. The Labute approximate surface area is 149 Å². The third kappa shape index (κ3) is 5.49. The Morgan fingerprint density at radius 2 is 2.12 bits per heavy atom. The fourth-order valence-corrected chi connectivity index (χ4v) is 2.73. The van der Waals surface area contributed by atoms with Gasteiger partial charge in [-0.05, 0) is 27.1 Å². The number of urea groups is 1. The van der Waals surface area contributed by atoms with Crippen molar-refractivity contribution in [3.05, 3.63) is 48.5 Å². The third-order valence-electron chi connectivity index (χ3n) is 4.00. The highest BCUT2D eigenvalue weighted by Crippen LogP contribution is 2.27. The number of imidazole rings is 1. The highest BCUT2D eigenvalue weighted by atomic mass is 16.5. The number of nitrogens with zero attached hydrogens (tertiary/aromatic N) is 3. The van der Waals surface area contributed by atoms with Gasteiger partial charge in [0.2, 0.25) is 0 Å². The van der Waals surface area contributed by atoms with Crippen LogP contribution in [0.1, 0.15) is 18.5 Å². The van der Waals surface area contributed by atoms with E-state index in [0.29, 0.717) is 13.1 Å². The van der Waals surface area contributed by atoms with Crippen molar-refractivity contribution in [1.29, 1.82) is 0 Å². The second-order valence-electron chi connectivity index (χ2n) is 6.24. The number of ether oxygens (including phenoxy) is 1. The van der Waals surface area contributed by atoms with Crippen molar-refractivity contribution in [2.24, 2.45) is 0 Å². The number of carbonyl (C=O) groups is 1. The number of hydrogen-bond donors (Lipinski definition) is 2. The zero-order valence-electron chi connectivity index (χ0n) is 15.3. The number of hydrogen-bond acceptors (Lipinski definition) is 4. The van der Waals surface area contributed by atoms with Gasteiger partial charge in [-0.3, -0.25) is 0 Å². The molecule has 0 saturated carbocycles. The molecule has 0 saturated heterocycles. The number of nitrogens with one attached hydrogen (secondary N) is 2. The fraction of sp³-hybridized carbons (Fsp3) is 0.444. The van der Waals surface area contributed by atoms with Crippen LogP contribution in [-0.2, 0) is 6.54 Å². The first kappa shape index (κ1) is 18.8. The largest absolute Gasteiger partial charge is 0.496 e. The molecule has 2 rings (SSSR count). The summed E-state index contributed by atoms with van der Waals surface area (Å²) in [4.78, 5) is 18.3. The van der Waals surface area contributed by atoms with Gasteiger partial charge < -0.3 is 24.8 Å². The lowest BCUT2D eigenvalue weighted by Crippen LogP contribution is -2.45. The smallest absolute Gasteiger partial charge is 0.315 e. The van der Waals surface area contributed by atoms with Crippen molar-refractivity contribution in [2.45, 2.75) is 25.6 Å². The van der Waals surface area contributed by atoms with Crippen LogP contribution in [0.15, 0.2) is 43.0 Å². The minimum atomic E-state index is -0.186. The monoisotopic (exact) mass is 345 g/mol. The summed E-state index contributed by atoms with van der Waals surface area (Å²) in [5.41, 5.74) is 1.04. The number of carbonyl (C=O) groups excluding carboxylic acids is 1. The highest BCUT2D eigenvalue weighted by Gasteiger charge is 2.19. The van der Waals surface area contributed by atoms with E-state index in [1.54, 1.807) is 19.6 Å². The third-order valence-corrected chi connectivity index (χ3v) is 4.00. The van der Waals surface area contributed by atoms with Gasteiger partial charge in [0.05, 0.1) is 19.5 Å². The number of amides is 2. The molecule has 2 amide bonds. The lowest BCUT2D eigenvalue weighted by atomic mass is 10.0. The van der Waals surface area contributed by atoms with Crippen molar-refractivity contribution >= 4 is 6.03 Å². The molecule has 0 fully saturated rings. The zero-order chi connectivity index (χ0) is 18.2. The molecule has 0 aliphatic rings. The lowest BCUT2D eigenvalue weighted by Gasteiger charge is -2.27. The quantitative estimate of drug-likeness (QED) is 0.766. The first-order chi connectivity index (χ1) is 12.0. The van der Waals surface area contributed by atoms with E-state index >= 15 is 0 Å². The van der Waals surface area contributed by atoms with E-state index in [1.165, 1.54) is 0 Å². The SMILES string of the molecule is COc1ccccc1[C@H](CNC(=O)N[C@H](C)Cn1ccnc1)N(C)C. The molecule has 0 bridgehead atoms. The van der Waals surface area contributed by atoms with Crippen LogP contribution in [-0.4, -0.2) is 54.3 Å². The Morgan fingerprint density at radius 3 is 2.76 bits per heavy atom. The fourth-order valence-electron chi connectivity index (χ4n) is 2.73. The van der Waals surface area contributed by atoms with Crippen molar-refractivity contribution < 1.29 is 9.53 Å². The Balaban J connectivity index is 1.91. The van der Waals surface area contributed by atoms with E-state index in [2.05, 4.69) is 20.5 Å². The van der Waals surface area contributed by atoms with Crippen molar-refractivity contribution in [2.75, 3.05) is 27.7 Å². The lowest BCUT2D eigenvalue weighted by molar-refractivity contribution is 0.228. The molecule has 1 aromatic carbocycles. The summed E-state index contributed by atoms with van der Waals surface area (Å²) in [6, 6.07) is 7.69. The second-order valence-corrected chi connectivity index (χ2v) is 6.24. The number of rotatable bonds is 8. The van der Waals surface area contributed by atoms with E-state index in [1.807, 2.05) is 56.0 Å². The molecule has 0 unspecified atom stereocenters. The average molecular weight is 345 g/mol. The molecular weight excluding hydrogens is 318 g/mol.